The number of nitrogens with one attached hydrogen (secondary N) is 3. The van der Waals surface area contributed by atoms with Crippen LogP contribution in [0.4, 0.5) is 32.2 Å². The first-order valence-electron chi connectivity index (χ1n) is 7.65. The molecule has 1 aromatic carbocycles. The molecule has 27 heavy (non-hydrogen) atoms. The predicted octanol–water partition coefficient (Wildman–Crippen LogP) is 3.78. The number of aromatic nitrogens is 1. The van der Waals surface area contributed by atoms with Crippen molar-refractivity contribution in [1.82, 2.24) is 5.32 Å². The third kappa shape index (κ3) is 4.15. The second-order valence-electron chi connectivity index (χ2n) is 5.92. The summed E-state index contributed by atoms with van der Waals surface area (Å²) in [6, 6.07) is 7.72. The van der Waals surface area contributed by atoms with E-state index in [-0.39, 0.29) is 11.1 Å². The largest absolute Gasteiger partial charge is 0.462 e. The van der Waals surface area contributed by atoms with Crippen molar-refractivity contribution in [2.75, 3.05) is 5.32 Å². The SMILES string of the molecule is Cc1ccc(NC(NC(=O)c2ccccc2C)(C(F)(F)F)C(F)(F)F)[nH+]c1. The van der Waals surface area contributed by atoms with Crippen molar-refractivity contribution in [3.63, 3.8) is 0 Å². The second-order valence-corrected chi connectivity index (χ2v) is 5.92. The number of alkyl halides is 6. The van der Waals surface area contributed by atoms with E-state index in [2.05, 4.69) is 4.98 Å². The molecule has 0 saturated carbocycles. The normalized spacial score (nSPS) is 12.6. The number of pyridine rings is 1. The van der Waals surface area contributed by atoms with Crippen LogP contribution < -0.4 is 15.6 Å². The van der Waals surface area contributed by atoms with Gasteiger partial charge < -0.3 is 0 Å². The molecule has 0 fully saturated rings. The molecule has 3 N–H and O–H groups in total. The Morgan fingerprint density at radius 1 is 0.926 bits per heavy atom. The van der Waals surface area contributed by atoms with Crippen LogP contribution in [0.5, 0.6) is 0 Å². The summed E-state index contributed by atoms with van der Waals surface area (Å²) < 4.78 is 81.6. The molecule has 0 radical (unpaired) electrons. The lowest BCUT2D eigenvalue weighted by Gasteiger charge is -2.34. The van der Waals surface area contributed by atoms with Crippen molar-refractivity contribution in [3.05, 3.63) is 59.3 Å². The molecule has 0 atom stereocenters. The number of hydrogen-bond donors (Lipinski definition) is 2. The van der Waals surface area contributed by atoms with Crippen LogP contribution in [-0.2, 0) is 0 Å². The van der Waals surface area contributed by atoms with Gasteiger partial charge in [0.25, 0.3) is 11.7 Å². The highest BCUT2D eigenvalue weighted by Crippen LogP contribution is 2.43. The highest BCUT2D eigenvalue weighted by molar-refractivity contribution is 5.96. The number of rotatable bonds is 4. The van der Waals surface area contributed by atoms with Gasteiger partial charge in [0.05, 0.1) is 6.20 Å². The lowest BCUT2D eigenvalue weighted by molar-refractivity contribution is -0.367. The molecule has 0 bridgehead atoms. The Hall–Kier alpha value is -2.78. The molecule has 0 spiro atoms. The first-order chi connectivity index (χ1) is 12.4. The predicted molar refractivity (Wildman–Crippen MR) is 84.8 cm³/mol. The molecule has 2 aromatic rings. The lowest BCUT2D eigenvalue weighted by atomic mass is 10.0. The van der Waals surface area contributed by atoms with E-state index < -0.39 is 29.7 Å². The van der Waals surface area contributed by atoms with Crippen molar-refractivity contribution >= 4 is 11.7 Å². The molecule has 2 rings (SSSR count). The Morgan fingerprint density at radius 3 is 2.00 bits per heavy atom. The minimum atomic E-state index is -5.89. The molecular weight excluding hydrogens is 376 g/mol. The number of carbonyl (C=O) groups excluding carboxylic acids is 1. The summed E-state index contributed by atoms with van der Waals surface area (Å²) in [7, 11) is 0. The van der Waals surface area contributed by atoms with Gasteiger partial charge >= 0.3 is 18.0 Å². The molecule has 1 aromatic heterocycles. The molecular formula is C17H16F6N3O+. The van der Waals surface area contributed by atoms with Gasteiger partial charge in [0.2, 0.25) is 0 Å². The Bertz CT molecular complexity index is 801. The van der Waals surface area contributed by atoms with Gasteiger partial charge in [-0.15, -0.1) is 0 Å². The molecule has 1 amide bonds. The number of amides is 1. The van der Waals surface area contributed by atoms with Gasteiger partial charge in [0.1, 0.15) is 0 Å². The van der Waals surface area contributed by atoms with Gasteiger partial charge in [-0.1, -0.05) is 18.2 Å². The van der Waals surface area contributed by atoms with Crippen molar-refractivity contribution in [2.24, 2.45) is 0 Å². The molecule has 146 valence electrons. The van der Waals surface area contributed by atoms with E-state index in [1.54, 1.807) is 6.92 Å². The van der Waals surface area contributed by atoms with E-state index in [4.69, 9.17) is 0 Å². The van der Waals surface area contributed by atoms with E-state index in [0.717, 1.165) is 17.4 Å². The Kier molecular flexibility index (Phi) is 5.39. The van der Waals surface area contributed by atoms with Crippen LogP contribution in [0.25, 0.3) is 0 Å². The Morgan fingerprint density at radius 2 is 1.52 bits per heavy atom. The van der Waals surface area contributed by atoms with Crippen LogP contribution in [-0.4, -0.2) is 23.9 Å². The highest BCUT2D eigenvalue weighted by Gasteiger charge is 2.76. The van der Waals surface area contributed by atoms with Crippen LogP contribution in [0.2, 0.25) is 0 Å². The molecule has 0 aliphatic carbocycles. The van der Waals surface area contributed by atoms with Crippen molar-refractivity contribution < 1.29 is 36.1 Å². The van der Waals surface area contributed by atoms with Gasteiger partial charge in [-0.3, -0.25) is 10.1 Å². The Balaban J connectivity index is 2.53. The summed E-state index contributed by atoms with van der Waals surface area (Å²) in [6.45, 7) is 3.00. The van der Waals surface area contributed by atoms with Gasteiger partial charge in [-0.05, 0) is 37.1 Å². The zero-order chi connectivity index (χ0) is 20.5. The summed E-state index contributed by atoms with van der Waals surface area (Å²) in [4.78, 5) is 14.6. The third-order valence-electron chi connectivity index (χ3n) is 3.83. The molecule has 0 saturated heterocycles. The molecule has 10 heteroatoms. The highest BCUT2D eigenvalue weighted by atomic mass is 19.4. The summed E-state index contributed by atoms with van der Waals surface area (Å²) in [5.41, 5.74) is -4.17. The number of anilines is 1. The maximum absolute atomic E-state index is 13.6. The number of H-pyrrole nitrogens is 1. The fourth-order valence-electron chi connectivity index (χ4n) is 2.32. The number of carbonyl (C=O) groups is 1. The lowest BCUT2D eigenvalue weighted by Crippen LogP contribution is -2.72. The van der Waals surface area contributed by atoms with Crippen LogP contribution in [0.3, 0.4) is 0 Å². The Labute approximate surface area is 150 Å². The van der Waals surface area contributed by atoms with Crippen LogP contribution in [0, 0.1) is 13.8 Å². The van der Waals surface area contributed by atoms with E-state index >= 15 is 0 Å². The summed E-state index contributed by atoms with van der Waals surface area (Å²) in [5.74, 6) is -2.08. The monoisotopic (exact) mass is 392 g/mol. The topological polar surface area (TPSA) is 55.3 Å². The van der Waals surface area contributed by atoms with E-state index in [9.17, 15) is 31.1 Å². The molecule has 0 aliphatic rings. The third-order valence-corrected chi connectivity index (χ3v) is 3.83. The van der Waals surface area contributed by atoms with Crippen LogP contribution in [0.15, 0.2) is 42.6 Å². The van der Waals surface area contributed by atoms with Crippen LogP contribution >= 0.6 is 0 Å². The number of benzene rings is 1. The standard InChI is InChI=1S/C17H15F6N3O/c1-10-7-8-13(24-9-10)25-15(16(18,19)20,17(21,22)23)26-14(27)12-6-4-3-5-11(12)2/h3-9H,1-2H3,(H,24,25)(H,26,27)/p+1. The fourth-order valence-corrected chi connectivity index (χ4v) is 2.32. The maximum atomic E-state index is 13.6. The van der Waals surface area contributed by atoms with E-state index in [1.165, 1.54) is 42.7 Å². The van der Waals surface area contributed by atoms with Gasteiger partial charge in [-0.2, -0.15) is 26.3 Å². The van der Waals surface area contributed by atoms with E-state index in [1.807, 2.05) is 0 Å². The smallest absolute Gasteiger partial charge is 0.296 e. The number of hydrogen-bond acceptors (Lipinski definition) is 2. The van der Waals surface area contributed by atoms with Crippen molar-refractivity contribution in [3.8, 4) is 0 Å². The molecule has 1 heterocycles. The van der Waals surface area contributed by atoms with Crippen molar-refractivity contribution in [2.45, 2.75) is 31.9 Å². The fraction of sp³-hybridized carbons (Fsp3) is 0.294. The zero-order valence-electron chi connectivity index (χ0n) is 14.2. The maximum Gasteiger partial charge on any atom is 0.462 e. The van der Waals surface area contributed by atoms with Gasteiger partial charge in [0.15, 0.2) is 0 Å². The van der Waals surface area contributed by atoms with Crippen molar-refractivity contribution in [1.29, 1.82) is 0 Å². The summed E-state index contributed by atoms with van der Waals surface area (Å²) in [5, 5.41) is 2.49. The molecule has 4 nitrogen and oxygen atoms in total. The summed E-state index contributed by atoms with van der Waals surface area (Å²) in [6.07, 6.45) is -10.5. The van der Waals surface area contributed by atoms with Crippen LogP contribution in [0.1, 0.15) is 21.5 Å². The zero-order valence-corrected chi connectivity index (χ0v) is 14.2. The second kappa shape index (κ2) is 7.09. The van der Waals surface area contributed by atoms with Gasteiger partial charge in [0, 0.05) is 11.6 Å². The first kappa shape index (κ1) is 20.5. The minimum Gasteiger partial charge on any atom is -0.296 e. The summed E-state index contributed by atoms with van der Waals surface area (Å²) >= 11 is 0. The molecule has 0 aliphatic heterocycles. The van der Waals surface area contributed by atoms with Gasteiger partial charge in [-0.25, -0.2) is 10.3 Å². The quantitative estimate of drug-likeness (QED) is 0.615. The minimum absolute atomic E-state index is 0.232. The van der Waals surface area contributed by atoms with E-state index in [0.29, 0.717) is 5.56 Å². The number of aromatic amines is 1. The number of halogens is 6. The average molecular weight is 392 g/mol. The number of aryl methyl sites for hydroxylation is 2. The first-order valence-corrected chi connectivity index (χ1v) is 7.65. The molecule has 0 unspecified atom stereocenters. The average Bonchev–Trinajstić information content (AvgIpc) is 2.54.